The second-order valence-electron chi connectivity index (χ2n) is 4.49. The number of aromatic nitrogens is 2. The van der Waals surface area contributed by atoms with E-state index in [1.807, 2.05) is 0 Å². The summed E-state index contributed by atoms with van der Waals surface area (Å²) in [6.45, 7) is 2.58. The molecule has 8 heteroatoms. The van der Waals surface area contributed by atoms with Crippen LogP contribution in [-0.2, 0) is 11.3 Å². The van der Waals surface area contributed by atoms with Crippen molar-refractivity contribution in [1.82, 2.24) is 9.72 Å². The van der Waals surface area contributed by atoms with Gasteiger partial charge >= 0.3 is 11.7 Å². The molecule has 106 valence electrons. The van der Waals surface area contributed by atoms with Gasteiger partial charge in [0.15, 0.2) is 5.82 Å². The first-order valence-corrected chi connectivity index (χ1v) is 5.64. The maximum absolute atomic E-state index is 13.5. The number of carboxylic acids is 1. The Morgan fingerprint density at radius 3 is 2.79 bits per heavy atom. The first-order chi connectivity index (χ1) is 8.74. The van der Waals surface area contributed by atoms with Gasteiger partial charge in [-0.05, 0) is 26.7 Å². The fourth-order valence-corrected chi connectivity index (χ4v) is 1.37. The summed E-state index contributed by atoms with van der Waals surface area (Å²) in [7, 11) is 0. The van der Waals surface area contributed by atoms with Crippen LogP contribution in [0.5, 0.6) is 0 Å². The predicted molar refractivity (Wildman–Crippen MR) is 64.2 cm³/mol. The topological polar surface area (TPSA) is 111 Å². The highest BCUT2D eigenvalue weighted by Crippen LogP contribution is 2.12. The van der Waals surface area contributed by atoms with Crippen LogP contribution in [0.1, 0.15) is 25.6 Å². The number of hydrogen-bond acceptors (Lipinski definition) is 5. The van der Waals surface area contributed by atoms with Crippen molar-refractivity contribution in [1.29, 1.82) is 0 Å². The molecule has 0 saturated heterocycles. The van der Waals surface area contributed by atoms with Gasteiger partial charge in [-0.2, -0.15) is 0 Å². The highest BCUT2D eigenvalue weighted by atomic mass is 19.1. The summed E-state index contributed by atoms with van der Waals surface area (Å²) in [5.74, 6) is -2.19. The molecule has 0 saturated carbocycles. The number of carboxylic acid groups (broad SMARTS) is 1. The highest BCUT2D eigenvalue weighted by Gasteiger charge is 2.26. The molecule has 3 N–H and O–H groups in total. The van der Waals surface area contributed by atoms with Gasteiger partial charge in [0, 0.05) is 0 Å². The molecule has 0 spiro atoms. The van der Waals surface area contributed by atoms with Crippen LogP contribution in [0.4, 0.5) is 4.39 Å². The molecule has 0 amide bonds. The molecule has 0 aliphatic heterocycles. The van der Waals surface area contributed by atoms with Crippen LogP contribution in [0.2, 0.25) is 0 Å². The molecule has 0 radical (unpaired) electrons. The van der Waals surface area contributed by atoms with Crippen molar-refractivity contribution in [2.24, 2.45) is 5.73 Å². The second-order valence-corrected chi connectivity index (χ2v) is 4.49. The van der Waals surface area contributed by atoms with Gasteiger partial charge in [0.05, 0.1) is 6.54 Å². The zero-order valence-corrected chi connectivity index (χ0v) is 10.7. The summed E-state index contributed by atoms with van der Waals surface area (Å²) in [5.41, 5.74) is 4.10. The van der Waals surface area contributed by atoms with Crippen LogP contribution in [-0.4, -0.2) is 26.3 Å². The molecule has 1 atom stereocenters. The average Bonchev–Trinajstić information content (AvgIpc) is 2.60. The largest absolute Gasteiger partial charge is 0.480 e. The van der Waals surface area contributed by atoms with E-state index in [9.17, 15) is 14.0 Å². The minimum absolute atomic E-state index is 0.0905. The standard InChI is InChI=1S/C11H16FN3O4/c1-7-14-19-10(18)15(7)6-8(12)4-3-5-11(2,13)9(16)17/h4H,3,5-6,13H2,1-2H3,(H,16,17)/t11-/m0/s1. The average molecular weight is 273 g/mol. The predicted octanol–water partition coefficient (Wildman–Crippen LogP) is 0.580. The third-order valence-electron chi connectivity index (χ3n) is 2.69. The van der Waals surface area contributed by atoms with Gasteiger partial charge in [-0.15, -0.1) is 0 Å². The lowest BCUT2D eigenvalue weighted by molar-refractivity contribution is -0.142. The van der Waals surface area contributed by atoms with E-state index in [1.165, 1.54) is 19.9 Å². The van der Waals surface area contributed by atoms with Crippen LogP contribution >= 0.6 is 0 Å². The number of nitrogens with two attached hydrogens (primary N) is 1. The highest BCUT2D eigenvalue weighted by molar-refractivity contribution is 5.77. The quantitative estimate of drug-likeness (QED) is 0.784. The van der Waals surface area contributed by atoms with E-state index >= 15 is 0 Å². The third-order valence-corrected chi connectivity index (χ3v) is 2.69. The van der Waals surface area contributed by atoms with Gasteiger partial charge < -0.3 is 10.8 Å². The summed E-state index contributed by atoms with van der Waals surface area (Å²) in [6, 6.07) is 0. The minimum atomic E-state index is -1.40. The second kappa shape index (κ2) is 5.79. The van der Waals surface area contributed by atoms with Gasteiger partial charge in [-0.25, -0.2) is 9.18 Å². The number of hydrogen-bond donors (Lipinski definition) is 2. The Morgan fingerprint density at radius 2 is 2.32 bits per heavy atom. The molecule has 0 fully saturated rings. The van der Waals surface area contributed by atoms with E-state index in [4.69, 9.17) is 10.8 Å². The Kier molecular flexibility index (Phi) is 4.60. The molecule has 1 heterocycles. The Balaban J connectivity index is 2.60. The number of aliphatic carboxylic acids is 1. The van der Waals surface area contributed by atoms with Crippen molar-refractivity contribution in [3.05, 3.63) is 28.3 Å². The van der Waals surface area contributed by atoms with E-state index in [2.05, 4.69) is 9.68 Å². The molecule has 0 aliphatic carbocycles. The van der Waals surface area contributed by atoms with E-state index in [0.29, 0.717) is 0 Å². The number of halogens is 1. The molecule has 19 heavy (non-hydrogen) atoms. The summed E-state index contributed by atoms with van der Waals surface area (Å²) in [5, 5.41) is 12.2. The van der Waals surface area contributed by atoms with E-state index in [1.54, 1.807) is 0 Å². The van der Waals surface area contributed by atoms with Crippen LogP contribution in [0.3, 0.4) is 0 Å². The number of rotatable bonds is 6. The first-order valence-electron chi connectivity index (χ1n) is 5.64. The van der Waals surface area contributed by atoms with Crippen LogP contribution in [0, 0.1) is 6.92 Å². The SMILES string of the molecule is Cc1noc(=O)n1CC(F)=CCC[C@](C)(N)C(=O)O. The lowest BCUT2D eigenvalue weighted by atomic mass is 9.97. The summed E-state index contributed by atoms with van der Waals surface area (Å²) >= 11 is 0. The number of aryl methyl sites for hydroxylation is 1. The molecule has 0 bridgehead atoms. The van der Waals surface area contributed by atoms with E-state index in [0.717, 1.165) is 4.57 Å². The molecule has 1 rings (SSSR count). The Bertz CT molecular complexity index is 544. The Morgan fingerprint density at radius 1 is 1.68 bits per heavy atom. The third kappa shape index (κ3) is 4.02. The van der Waals surface area contributed by atoms with Crippen LogP contribution in [0.25, 0.3) is 0 Å². The van der Waals surface area contributed by atoms with Gasteiger partial charge in [-0.1, -0.05) is 11.2 Å². The fourth-order valence-electron chi connectivity index (χ4n) is 1.37. The van der Waals surface area contributed by atoms with Gasteiger partial charge in [0.1, 0.15) is 11.4 Å². The van der Waals surface area contributed by atoms with Crippen molar-refractivity contribution in [2.75, 3.05) is 0 Å². The van der Waals surface area contributed by atoms with Crippen LogP contribution in [0.15, 0.2) is 21.2 Å². The maximum atomic E-state index is 13.5. The van der Waals surface area contributed by atoms with Crippen molar-refractivity contribution >= 4 is 5.97 Å². The van der Waals surface area contributed by atoms with Gasteiger partial charge in [0.2, 0.25) is 0 Å². The zero-order chi connectivity index (χ0) is 14.6. The van der Waals surface area contributed by atoms with Crippen molar-refractivity contribution in [3.8, 4) is 0 Å². The van der Waals surface area contributed by atoms with Gasteiger partial charge in [0.25, 0.3) is 0 Å². The first kappa shape index (κ1) is 15.1. The van der Waals surface area contributed by atoms with E-state index < -0.39 is 23.1 Å². The van der Waals surface area contributed by atoms with Crippen molar-refractivity contribution in [2.45, 2.75) is 38.8 Å². The smallest absolute Gasteiger partial charge is 0.441 e. The fraction of sp³-hybridized carbons (Fsp3) is 0.545. The zero-order valence-electron chi connectivity index (χ0n) is 10.7. The summed E-state index contributed by atoms with van der Waals surface area (Å²) < 4.78 is 18.9. The Hall–Kier alpha value is -1.96. The lowest BCUT2D eigenvalue weighted by Gasteiger charge is -2.17. The molecule has 0 aromatic carbocycles. The number of carbonyl (C=O) groups is 1. The molecule has 0 aliphatic rings. The molecular weight excluding hydrogens is 257 g/mol. The number of allylic oxidation sites excluding steroid dienone is 2. The molecular formula is C11H16FN3O4. The maximum Gasteiger partial charge on any atom is 0.441 e. The molecule has 1 aromatic rings. The van der Waals surface area contributed by atoms with Crippen molar-refractivity contribution in [3.63, 3.8) is 0 Å². The molecule has 1 aromatic heterocycles. The minimum Gasteiger partial charge on any atom is -0.480 e. The summed E-state index contributed by atoms with van der Waals surface area (Å²) in [6.07, 6.45) is 1.45. The normalized spacial score (nSPS) is 15.3. The van der Waals surface area contributed by atoms with Crippen LogP contribution < -0.4 is 11.5 Å². The summed E-state index contributed by atoms with van der Waals surface area (Å²) in [4.78, 5) is 21.9. The van der Waals surface area contributed by atoms with E-state index in [-0.39, 0.29) is 25.2 Å². The van der Waals surface area contributed by atoms with Gasteiger partial charge in [-0.3, -0.25) is 13.9 Å². The molecule has 7 nitrogen and oxygen atoms in total. The molecule has 0 unspecified atom stereocenters. The Labute approximate surface area is 108 Å². The lowest BCUT2D eigenvalue weighted by Crippen LogP contribution is -2.44. The number of nitrogens with zero attached hydrogens (tertiary/aromatic N) is 2. The van der Waals surface area contributed by atoms with Crippen molar-refractivity contribution < 1.29 is 18.8 Å². The monoisotopic (exact) mass is 273 g/mol.